The van der Waals surface area contributed by atoms with Gasteiger partial charge in [0.25, 0.3) is 0 Å². The maximum Gasteiger partial charge on any atom is 0.223 e. The topological polar surface area (TPSA) is 49.3 Å². The summed E-state index contributed by atoms with van der Waals surface area (Å²) in [4.78, 5) is 12.0. The number of nitrogens with one attached hydrogen (secondary N) is 1. The second-order valence-electron chi connectivity index (χ2n) is 5.49. The molecule has 1 aromatic carbocycles. The van der Waals surface area contributed by atoms with Crippen molar-refractivity contribution < 1.29 is 14.3 Å². The molecule has 0 saturated carbocycles. The number of carbonyl (C=O) groups is 1. The summed E-state index contributed by atoms with van der Waals surface area (Å²) in [6.07, 6.45) is 1.15. The Hall–Kier alpha value is -1.42. The zero-order valence-electron chi connectivity index (χ0n) is 12.4. The molecule has 0 aromatic heterocycles. The van der Waals surface area contributed by atoms with Crippen LogP contribution in [0.5, 0.6) is 0 Å². The van der Waals surface area contributed by atoms with Gasteiger partial charge in [0.15, 0.2) is 0 Å². The molecular formula is C16H24FNO2. The lowest BCUT2D eigenvalue weighted by atomic mass is 9.98. The van der Waals surface area contributed by atoms with Crippen molar-refractivity contribution in [3.05, 3.63) is 35.6 Å². The molecule has 20 heavy (non-hydrogen) atoms. The molecular weight excluding hydrogens is 257 g/mol. The van der Waals surface area contributed by atoms with E-state index < -0.39 is 0 Å². The summed E-state index contributed by atoms with van der Waals surface area (Å²) in [5, 5.41) is 11.9. The number of hydrogen-bond donors (Lipinski definition) is 2. The van der Waals surface area contributed by atoms with Crippen molar-refractivity contribution in [1.82, 2.24) is 5.32 Å². The lowest BCUT2D eigenvalue weighted by Gasteiger charge is -2.21. The molecule has 3 atom stereocenters. The lowest BCUT2D eigenvalue weighted by Crippen LogP contribution is -2.41. The van der Waals surface area contributed by atoms with Crippen LogP contribution in [-0.2, 0) is 11.2 Å². The summed E-state index contributed by atoms with van der Waals surface area (Å²) in [5.41, 5.74) is 0.643. The van der Waals surface area contributed by atoms with E-state index in [1.54, 1.807) is 18.2 Å². The zero-order chi connectivity index (χ0) is 15.1. The molecule has 1 aromatic rings. The minimum absolute atomic E-state index is 0.0257. The third-order valence-corrected chi connectivity index (χ3v) is 3.76. The first-order chi connectivity index (χ1) is 9.45. The molecule has 0 aliphatic heterocycles. The van der Waals surface area contributed by atoms with Crippen LogP contribution in [0.4, 0.5) is 4.39 Å². The second-order valence-corrected chi connectivity index (χ2v) is 5.49. The number of aliphatic hydroxyl groups excluding tert-OH is 1. The average molecular weight is 281 g/mol. The Kier molecular flexibility index (Phi) is 6.65. The van der Waals surface area contributed by atoms with Gasteiger partial charge >= 0.3 is 0 Å². The van der Waals surface area contributed by atoms with Crippen molar-refractivity contribution in [2.45, 2.75) is 39.7 Å². The molecule has 0 aliphatic carbocycles. The molecule has 0 spiro atoms. The molecule has 2 N–H and O–H groups in total. The third kappa shape index (κ3) is 4.93. The Bertz CT molecular complexity index is 436. The Morgan fingerprint density at radius 2 is 1.95 bits per heavy atom. The number of aliphatic hydroxyl groups is 1. The normalized spacial score (nSPS) is 15.4. The molecule has 0 aliphatic rings. The van der Waals surface area contributed by atoms with Crippen molar-refractivity contribution >= 4 is 5.91 Å². The van der Waals surface area contributed by atoms with Gasteiger partial charge < -0.3 is 10.4 Å². The number of hydrogen-bond acceptors (Lipinski definition) is 2. The summed E-state index contributed by atoms with van der Waals surface area (Å²) in [5.74, 6) is -0.419. The van der Waals surface area contributed by atoms with Gasteiger partial charge in [-0.3, -0.25) is 4.79 Å². The first-order valence-corrected chi connectivity index (χ1v) is 7.10. The van der Waals surface area contributed by atoms with Crippen LogP contribution in [0.25, 0.3) is 0 Å². The van der Waals surface area contributed by atoms with Gasteiger partial charge in [-0.15, -0.1) is 0 Å². The van der Waals surface area contributed by atoms with Crippen molar-refractivity contribution in [3.8, 4) is 0 Å². The van der Waals surface area contributed by atoms with Gasteiger partial charge in [-0.2, -0.15) is 0 Å². The van der Waals surface area contributed by atoms with E-state index in [2.05, 4.69) is 5.32 Å². The summed E-state index contributed by atoms with van der Waals surface area (Å²) < 4.78 is 13.5. The van der Waals surface area contributed by atoms with Gasteiger partial charge in [0, 0.05) is 18.6 Å². The van der Waals surface area contributed by atoms with Gasteiger partial charge in [-0.25, -0.2) is 4.39 Å². The highest BCUT2D eigenvalue weighted by Gasteiger charge is 2.18. The summed E-state index contributed by atoms with van der Waals surface area (Å²) in [7, 11) is 0. The molecule has 0 heterocycles. The van der Waals surface area contributed by atoms with E-state index in [0.29, 0.717) is 18.4 Å². The standard InChI is InChI=1S/C16H24FNO2/c1-11(16(20)18-13(3)12(2)10-19)8-9-14-6-4-5-7-15(14)17/h4-7,11-13,19H,8-10H2,1-3H3,(H,18,20). The molecule has 0 bridgehead atoms. The highest BCUT2D eigenvalue weighted by atomic mass is 19.1. The highest BCUT2D eigenvalue weighted by Crippen LogP contribution is 2.13. The van der Waals surface area contributed by atoms with Crippen LogP contribution in [0.15, 0.2) is 24.3 Å². The minimum atomic E-state index is -0.220. The van der Waals surface area contributed by atoms with Gasteiger partial charge in [0.05, 0.1) is 0 Å². The van der Waals surface area contributed by atoms with Crippen molar-refractivity contribution in [3.63, 3.8) is 0 Å². The van der Waals surface area contributed by atoms with Crippen LogP contribution in [0.2, 0.25) is 0 Å². The van der Waals surface area contributed by atoms with E-state index in [1.807, 2.05) is 20.8 Å². The van der Waals surface area contributed by atoms with Crippen LogP contribution < -0.4 is 5.32 Å². The summed E-state index contributed by atoms with van der Waals surface area (Å²) in [6.45, 7) is 5.65. The van der Waals surface area contributed by atoms with E-state index in [-0.39, 0.29) is 36.2 Å². The third-order valence-electron chi connectivity index (χ3n) is 3.76. The quantitative estimate of drug-likeness (QED) is 0.807. The predicted molar refractivity (Wildman–Crippen MR) is 77.7 cm³/mol. The Labute approximate surface area is 120 Å². The van der Waals surface area contributed by atoms with Crippen LogP contribution in [0.1, 0.15) is 32.8 Å². The number of benzene rings is 1. The van der Waals surface area contributed by atoms with E-state index >= 15 is 0 Å². The molecule has 0 radical (unpaired) electrons. The molecule has 3 unspecified atom stereocenters. The van der Waals surface area contributed by atoms with E-state index in [4.69, 9.17) is 5.11 Å². The monoisotopic (exact) mass is 281 g/mol. The van der Waals surface area contributed by atoms with E-state index in [9.17, 15) is 9.18 Å². The van der Waals surface area contributed by atoms with Crippen molar-refractivity contribution in [1.29, 1.82) is 0 Å². The number of rotatable bonds is 7. The number of carbonyl (C=O) groups excluding carboxylic acids is 1. The van der Waals surface area contributed by atoms with Gasteiger partial charge in [0.2, 0.25) is 5.91 Å². The SMILES string of the molecule is CC(CCc1ccccc1F)C(=O)NC(C)C(C)CO. The Balaban J connectivity index is 2.44. The van der Waals surface area contributed by atoms with Gasteiger partial charge in [-0.05, 0) is 37.3 Å². The smallest absolute Gasteiger partial charge is 0.223 e. The fraction of sp³-hybridized carbons (Fsp3) is 0.562. The van der Waals surface area contributed by atoms with Crippen molar-refractivity contribution in [2.75, 3.05) is 6.61 Å². The average Bonchev–Trinajstić information content (AvgIpc) is 2.44. The molecule has 3 nitrogen and oxygen atoms in total. The number of aryl methyl sites for hydroxylation is 1. The summed E-state index contributed by atoms with van der Waals surface area (Å²) >= 11 is 0. The predicted octanol–water partition coefficient (Wildman–Crippen LogP) is 2.53. The first kappa shape index (κ1) is 16.6. The largest absolute Gasteiger partial charge is 0.396 e. The van der Waals surface area contributed by atoms with Crippen molar-refractivity contribution in [2.24, 2.45) is 11.8 Å². The lowest BCUT2D eigenvalue weighted by molar-refractivity contribution is -0.125. The number of halogens is 1. The minimum Gasteiger partial charge on any atom is -0.396 e. The molecule has 1 amide bonds. The number of amides is 1. The molecule has 1 rings (SSSR count). The molecule has 0 saturated heterocycles. The summed E-state index contributed by atoms with van der Waals surface area (Å²) in [6, 6.07) is 6.58. The maximum absolute atomic E-state index is 13.5. The molecule has 112 valence electrons. The highest BCUT2D eigenvalue weighted by molar-refractivity contribution is 5.78. The van der Waals surface area contributed by atoms with E-state index in [0.717, 1.165) is 0 Å². The zero-order valence-corrected chi connectivity index (χ0v) is 12.4. The van der Waals surface area contributed by atoms with Crippen LogP contribution in [0.3, 0.4) is 0 Å². The fourth-order valence-corrected chi connectivity index (χ4v) is 1.87. The van der Waals surface area contributed by atoms with Gasteiger partial charge in [-0.1, -0.05) is 32.0 Å². The van der Waals surface area contributed by atoms with Gasteiger partial charge in [0.1, 0.15) is 5.82 Å². The second kappa shape index (κ2) is 8.00. The van der Waals surface area contributed by atoms with Crippen LogP contribution in [0, 0.1) is 17.7 Å². The van der Waals surface area contributed by atoms with Crippen LogP contribution >= 0.6 is 0 Å². The first-order valence-electron chi connectivity index (χ1n) is 7.10. The fourth-order valence-electron chi connectivity index (χ4n) is 1.87. The van der Waals surface area contributed by atoms with E-state index in [1.165, 1.54) is 6.07 Å². The maximum atomic E-state index is 13.5. The Morgan fingerprint density at radius 3 is 2.55 bits per heavy atom. The molecule has 4 heteroatoms. The molecule has 0 fully saturated rings. The van der Waals surface area contributed by atoms with Crippen LogP contribution in [-0.4, -0.2) is 23.7 Å². The Morgan fingerprint density at radius 1 is 1.30 bits per heavy atom.